The third kappa shape index (κ3) is 3.17. The molecule has 0 spiro atoms. The van der Waals surface area contributed by atoms with E-state index in [1.807, 2.05) is 37.3 Å². The van der Waals surface area contributed by atoms with Crippen LogP contribution in [0, 0.1) is 5.82 Å². The van der Waals surface area contributed by atoms with Crippen molar-refractivity contribution in [2.24, 2.45) is 0 Å². The zero-order valence-electron chi connectivity index (χ0n) is 10.9. The van der Waals surface area contributed by atoms with Crippen molar-refractivity contribution < 1.29 is 9.18 Å². The number of anilines is 1. The maximum Gasteiger partial charge on any atom is 0.252 e. The summed E-state index contributed by atoms with van der Waals surface area (Å²) in [6.45, 7) is 1.88. The lowest BCUT2D eigenvalue weighted by Crippen LogP contribution is -2.27. The molecule has 0 aliphatic rings. The van der Waals surface area contributed by atoms with Crippen LogP contribution < -0.4 is 11.1 Å². The molecule has 2 rings (SSSR count). The Morgan fingerprint density at radius 1 is 1.30 bits per heavy atom. The van der Waals surface area contributed by atoms with Crippen LogP contribution >= 0.6 is 15.9 Å². The first-order chi connectivity index (χ1) is 9.49. The van der Waals surface area contributed by atoms with Crippen LogP contribution in [0.3, 0.4) is 0 Å². The van der Waals surface area contributed by atoms with E-state index in [4.69, 9.17) is 5.73 Å². The smallest absolute Gasteiger partial charge is 0.252 e. The SMILES string of the molecule is C[C@@H](NC(=O)c1cc(N)c(F)cc1Br)c1ccccc1. The van der Waals surface area contributed by atoms with Gasteiger partial charge in [0, 0.05) is 4.47 Å². The first-order valence-electron chi connectivity index (χ1n) is 6.09. The zero-order valence-corrected chi connectivity index (χ0v) is 12.4. The lowest BCUT2D eigenvalue weighted by atomic mass is 10.1. The third-order valence-corrected chi connectivity index (χ3v) is 3.63. The zero-order chi connectivity index (χ0) is 14.7. The fourth-order valence-corrected chi connectivity index (χ4v) is 2.33. The lowest BCUT2D eigenvalue weighted by molar-refractivity contribution is 0.0939. The quantitative estimate of drug-likeness (QED) is 0.840. The maximum atomic E-state index is 13.3. The monoisotopic (exact) mass is 336 g/mol. The fraction of sp³-hybridized carbons (Fsp3) is 0.133. The highest BCUT2D eigenvalue weighted by Gasteiger charge is 2.16. The van der Waals surface area contributed by atoms with Crippen LogP contribution in [0.1, 0.15) is 28.9 Å². The average Bonchev–Trinajstić information content (AvgIpc) is 2.43. The number of benzene rings is 2. The third-order valence-electron chi connectivity index (χ3n) is 2.98. The van der Waals surface area contributed by atoms with Crippen LogP contribution in [0.5, 0.6) is 0 Å². The van der Waals surface area contributed by atoms with E-state index in [0.29, 0.717) is 10.0 Å². The minimum Gasteiger partial charge on any atom is -0.396 e. The summed E-state index contributed by atoms with van der Waals surface area (Å²) >= 11 is 3.17. The van der Waals surface area contributed by atoms with Gasteiger partial charge in [-0.2, -0.15) is 0 Å². The van der Waals surface area contributed by atoms with Gasteiger partial charge in [-0.25, -0.2) is 4.39 Å². The van der Waals surface area contributed by atoms with E-state index in [1.165, 1.54) is 12.1 Å². The van der Waals surface area contributed by atoms with Crippen molar-refractivity contribution in [1.29, 1.82) is 0 Å². The summed E-state index contributed by atoms with van der Waals surface area (Å²) in [4.78, 5) is 12.2. The van der Waals surface area contributed by atoms with Gasteiger partial charge in [-0.3, -0.25) is 4.79 Å². The maximum absolute atomic E-state index is 13.3. The number of rotatable bonds is 3. The number of carbonyl (C=O) groups is 1. The molecule has 2 aromatic carbocycles. The van der Waals surface area contributed by atoms with Gasteiger partial charge in [-0.15, -0.1) is 0 Å². The van der Waals surface area contributed by atoms with Gasteiger partial charge in [0.25, 0.3) is 5.91 Å². The first-order valence-corrected chi connectivity index (χ1v) is 6.88. The summed E-state index contributed by atoms with van der Waals surface area (Å²) in [5.41, 5.74) is 6.75. The van der Waals surface area contributed by atoms with Crippen LogP contribution in [0.25, 0.3) is 0 Å². The molecule has 5 heteroatoms. The van der Waals surface area contributed by atoms with Gasteiger partial charge in [-0.1, -0.05) is 30.3 Å². The van der Waals surface area contributed by atoms with Crippen molar-refractivity contribution in [3.05, 3.63) is 63.9 Å². The standard InChI is InChI=1S/C15H14BrFN2O/c1-9(10-5-3-2-4-6-10)19-15(20)11-7-14(18)13(17)8-12(11)16/h2-9H,18H2,1H3,(H,19,20)/t9-/m1/s1. The molecule has 0 unspecified atom stereocenters. The molecule has 0 saturated carbocycles. The van der Waals surface area contributed by atoms with Crippen LogP contribution in [-0.2, 0) is 0 Å². The van der Waals surface area contributed by atoms with Crippen molar-refractivity contribution in [1.82, 2.24) is 5.32 Å². The van der Waals surface area contributed by atoms with Crippen molar-refractivity contribution in [3.63, 3.8) is 0 Å². The second kappa shape index (κ2) is 6.05. The number of hydrogen-bond donors (Lipinski definition) is 2. The highest BCUT2D eigenvalue weighted by Crippen LogP contribution is 2.23. The largest absolute Gasteiger partial charge is 0.396 e. The summed E-state index contributed by atoms with van der Waals surface area (Å²) in [5, 5.41) is 2.85. The molecule has 3 N–H and O–H groups in total. The fourth-order valence-electron chi connectivity index (χ4n) is 1.84. The molecule has 3 nitrogen and oxygen atoms in total. The van der Waals surface area contributed by atoms with Gasteiger partial charge >= 0.3 is 0 Å². The first kappa shape index (κ1) is 14.5. The number of carbonyl (C=O) groups excluding carboxylic acids is 1. The molecular weight excluding hydrogens is 323 g/mol. The van der Waals surface area contributed by atoms with Gasteiger partial charge in [0.1, 0.15) is 5.82 Å². The number of nitrogens with one attached hydrogen (secondary N) is 1. The molecular formula is C15H14BrFN2O. The molecule has 0 saturated heterocycles. The van der Waals surface area contributed by atoms with E-state index in [-0.39, 0.29) is 17.6 Å². The van der Waals surface area contributed by atoms with Gasteiger partial charge in [0.2, 0.25) is 0 Å². The normalized spacial score (nSPS) is 11.9. The Bertz CT molecular complexity index is 631. The molecule has 20 heavy (non-hydrogen) atoms. The van der Waals surface area contributed by atoms with Crippen molar-refractivity contribution >= 4 is 27.5 Å². The minimum atomic E-state index is -0.551. The van der Waals surface area contributed by atoms with E-state index < -0.39 is 5.82 Å². The molecule has 0 bridgehead atoms. The molecule has 0 fully saturated rings. The lowest BCUT2D eigenvalue weighted by Gasteiger charge is -2.15. The molecule has 1 atom stereocenters. The van der Waals surface area contributed by atoms with Gasteiger partial charge < -0.3 is 11.1 Å². The Morgan fingerprint density at radius 3 is 2.60 bits per heavy atom. The number of nitrogen functional groups attached to an aromatic ring is 1. The van der Waals surface area contributed by atoms with E-state index >= 15 is 0 Å². The van der Waals surface area contributed by atoms with Gasteiger partial charge in [0.15, 0.2) is 0 Å². The molecule has 0 heterocycles. The van der Waals surface area contributed by atoms with Crippen molar-refractivity contribution in [2.45, 2.75) is 13.0 Å². The number of amides is 1. The summed E-state index contributed by atoms with van der Waals surface area (Å²) in [7, 11) is 0. The summed E-state index contributed by atoms with van der Waals surface area (Å²) in [5.74, 6) is -0.857. The Hall–Kier alpha value is -1.88. The summed E-state index contributed by atoms with van der Waals surface area (Å²) in [6.07, 6.45) is 0. The van der Waals surface area contributed by atoms with Crippen LogP contribution in [0.15, 0.2) is 46.9 Å². The predicted molar refractivity (Wildman–Crippen MR) is 80.8 cm³/mol. The molecule has 2 aromatic rings. The predicted octanol–water partition coefficient (Wildman–Crippen LogP) is 3.66. The second-order valence-corrected chi connectivity index (χ2v) is 5.31. The Labute approximate surface area is 125 Å². The van der Waals surface area contributed by atoms with E-state index in [9.17, 15) is 9.18 Å². The number of halogens is 2. The Morgan fingerprint density at radius 2 is 1.95 bits per heavy atom. The van der Waals surface area contributed by atoms with Gasteiger partial charge in [0.05, 0.1) is 17.3 Å². The summed E-state index contributed by atoms with van der Waals surface area (Å²) in [6, 6.07) is 12.0. The number of hydrogen-bond acceptors (Lipinski definition) is 2. The van der Waals surface area contributed by atoms with Crippen molar-refractivity contribution in [2.75, 3.05) is 5.73 Å². The van der Waals surface area contributed by atoms with E-state index in [0.717, 1.165) is 5.56 Å². The highest BCUT2D eigenvalue weighted by molar-refractivity contribution is 9.10. The Kier molecular flexibility index (Phi) is 4.39. The topological polar surface area (TPSA) is 55.1 Å². The average molecular weight is 337 g/mol. The molecule has 0 radical (unpaired) electrons. The van der Waals surface area contributed by atoms with Crippen LogP contribution in [-0.4, -0.2) is 5.91 Å². The number of nitrogens with two attached hydrogens (primary N) is 1. The molecule has 104 valence electrons. The molecule has 1 amide bonds. The van der Waals surface area contributed by atoms with E-state index in [2.05, 4.69) is 21.2 Å². The summed E-state index contributed by atoms with van der Waals surface area (Å²) < 4.78 is 13.6. The minimum absolute atomic E-state index is 0.0503. The Balaban J connectivity index is 2.19. The molecule has 0 aliphatic carbocycles. The van der Waals surface area contributed by atoms with Crippen LogP contribution in [0.2, 0.25) is 0 Å². The van der Waals surface area contributed by atoms with Crippen molar-refractivity contribution in [3.8, 4) is 0 Å². The molecule has 0 aromatic heterocycles. The van der Waals surface area contributed by atoms with Gasteiger partial charge in [-0.05, 0) is 40.5 Å². The van der Waals surface area contributed by atoms with Crippen LogP contribution in [0.4, 0.5) is 10.1 Å². The molecule has 0 aliphatic heterocycles. The second-order valence-electron chi connectivity index (χ2n) is 4.46. The van der Waals surface area contributed by atoms with E-state index in [1.54, 1.807) is 0 Å². The highest BCUT2D eigenvalue weighted by atomic mass is 79.9.